The van der Waals surface area contributed by atoms with E-state index in [1.807, 2.05) is 0 Å². The first-order chi connectivity index (χ1) is 6.00. The molecule has 0 radical (unpaired) electrons. The van der Waals surface area contributed by atoms with Gasteiger partial charge in [0.1, 0.15) is 0 Å². The number of hydrogen-bond donors (Lipinski definition) is 1. The highest BCUT2D eigenvalue weighted by Gasteiger charge is 1.95. The fraction of sp³-hybridized carbons (Fsp3) is 1.00. The monoisotopic (exact) mass is 223 g/mol. The summed E-state index contributed by atoms with van der Waals surface area (Å²) in [7, 11) is 0. The van der Waals surface area contributed by atoms with Crippen LogP contribution in [0.4, 0.5) is 0 Å². The molecule has 0 aromatic carbocycles. The Morgan fingerprint density at radius 1 is 0.583 bits per heavy atom. The molecule has 0 bridgehead atoms. The van der Waals surface area contributed by atoms with Crippen LogP contribution in [0.15, 0.2) is 0 Å². The lowest BCUT2D eigenvalue weighted by atomic mass is 10.7. The van der Waals surface area contributed by atoms with Crippen molar-refractivity contribution < 1.29 is 0 Å². The SMILES string of the molecule is C1CSCCSCCSCCN1. The molecule has 0 atom stereocenters. The van der Waals surface area contributed by atoms with Crippen LogP contribution in [0.1, 0.15) is 0 Å². The van der Waals surface area contributed by atoms with Crippen LogP contribution in [-0.2, 0) is 0 Å². The topological polar surface area (TPSA) is 12.0 Å². The molecule has 1 aliphatic heterocycles. The van der Waals surface area contributed by atoms with Gasteiger partial charge in [0.05, 0.1) is 0 Å². The van der Waals surface area contributed by atoms with Gasteiger partial charge in [0.15, 0.2) is 0 Å². The van der Waals surface area contributed by atoms with Gasteiger partial charge in [-0.3, -0.25) is 0 Å². The van der Waals surface area contributed by atoms with Gasteiger partial charge in [0.2, 0.25) is 0 Å². The first-order valence-electron chi connectivity index (χ1n) is 4.44. The Labute approximate surface area is 88.2 Å². The largest absolute Gasteiger partial charge is 0.315 e. The van der Waals surface area contributed by atoms with Crippen molar-refractivity contribution in [2.75, 3.05) is 47.6 Å². The van der Waals surface area contributed by atoms with Crippen molar-refractivity contribution in [3.63, 3.8) is 0 Å². The summed E-state index contributed by atoms with van der Waals surface area (Å²) in [6, 6.07) is 0. The molecule has 1 N–H and O–H groups in total. The predicted octanol–water partition coefficient (Wildman–Crippen LogP) is 1.79. The lowest BCUT2D eigenvalue weighted by Crippen LogP contribution is -2.20. The summed E-state index contributed by atoms with van der Waals surface area (Å²) < 4.78 is 0. The number of nitrogens with one attached hydrogen (secondary N) is 1. The van der Waals surface area contributed by atoms with Crippen molar-refractivity contribution in [2.45, 2.75) is 0 Å². The van der Waals surface area contributed by atoms with Gasteiger partial charge in [-0.2, -0.15) is 35.3 Å². The minimum absolute atomic E-state index is 1.19. The Bertz CT molecular complexity index is 57.3. The van der Waals surface area contributed by atoms with Crippen LogP contribution in [0.2, 0.25) is 0 Å². The molecule has 0 aromatic rings. The van der Waals surface area contributed by atoms with Crippen LogP contribution in [0.25, 0.3) is 0 Å². The Kier molecular flexibility index (Phi) is 7.95. The molecule has 0 aromatic heterocycles. The molecular formula is C8H17NS3. The van der Waals surface area contributed by atoms with Gasteiger partial charge >= 0.3 is 0 Å². The molecule has 0 amide bonds. The van der Waals surface area contributed by atoms with Crippen LogP contribution >= 0.6 is 35.3 Å². The second-order valence-electron chi connectivity index (χ2n) is 2.59. The van der Waals surface area contributed by atoms with Crippen molar-refractivity contribution in [3.05, 3.63) is 0 Å². The van der Waals surface area contributed by atoms with Crippen molar-refractivity contribution in [2.24, 2.45) is 0 Å². The average molecular weight is 223 g/mol. The van der Waals surface area contributed by atoms with Gasteiger partial charge < -0.3 is 5.32 Å². The molecule has 4 heteroatoms. The molecule has 12 heavy (non-hydrogen) atoms. The Morgan fingerprint density at radius 3 is 1.50 bits per heavy atom. The zero-order valence-corrected chi connectivity index (χ0v) is 9.83. The smallest absolute Gasteiger partial charge is 0.00584 e. The lowest BCUT2D eigenvalue weighted by molar-refractivity contribution is 0.774. The highest BCUT2D eigenvalue weighted by molar-refractivity contribution is 8.04. The van der Waals surface area contributed by atoms with Crippen LogP contribution in [0.5, 0.6) is 0 Å². The second-order valence-corrected chi connectivity index (χ2v) is 6.26. The van der Waals surface area contributed by atoms with E-state index in [1.54, 1.807) is 0 Å². The normalized spacial score (nSPS) is 24.0. The van der Waals surface area contributed by atoms with Gasteiger partial charge in [0, 0.05) is 47.6 Å². The molecule has 1 saturated heterocycles. The maximum atomic E-state index is 3.45. The third kappa shape index (κ3) is 6.52. The molecule has 1 aliphatic rings. The standard InChI is InChI=1S/C8H17NS3/c1-3-10-5-7-12-8-6-11-4-2-9-1/h9H,1-8H2. The summed E-state index contributed by atoms with van der Waals surface area (Å²) >= 11 is 6.26. The van der Waals surface area contributed by atoms with Crippen LogP contribution in [-0.4, -0.2) is 47.6 Å². The van der Waals surface area contributed by atoms with Crippen molar-refractivity contribution in [1.29, 1.82) is 0 Å². The number of thioether (sulfide) groups is 3. The summed E-state index contributed by atoms with van der Waals surface area (Å²) in [6.07, 6.45) is 0. The molecule has 1 fully saturated rings. The van der Waals surface area contributed by atoms with Gasteiger partial charge in [-0.25, -0.2) is 0 Å². The zero-order chi connectivity index (χ0) is 8.49. The molecule has 1 nitrogen and oxygen atoms in total. The predicted molar refractivity (Wildman–Crippen MR) is 64.8 cm³/mol. The van der Waals surface area contributed by atoms with E-state index in [-0.39, 0.29) is 0 Å². The average Bonchev–Trinajstić information content (AvgIpc) is 2.05. The van der Waals surface area contributed by atoms with Gasteiger partial charge in [-0.1, -0.05) is 0 Å². The molecular weight excluding hydrogens is 206 g/mol. The molecule has 0 unspecified atom stereocenters. The highest BCUT2D eigenvalue weighted by atomic mass is 32.2. The van der Waals surface area contributed by atoms with Crippen LogP contribution in [0, 0.1) is 0 Å². The molecule has 1 heterocycles. The summed E-state index contributed by atoms with van der Waals surface area (Å²) in [6.45, 7) is 2.38. The van der Waals surface area contributed by atoms with E-state index in [1.165, 1.54) is 47.6 Å². The Hall–Kier alpha value is 1.01. The second kappa shape index (κ2) is 8.60. The van der Waals surface area contributed by atoms with Gasteiger partial charge in [0.25, 0.3) is 0 Å². The molecule has 0 saturated carbocycles. The van der Waals surface area contributed by atoms with E-state index in [9.17, 15) is 0 Å². The summed E-state index contributed by atoms with van der Waals surface area (Å²) in [4.78, 5) is 0. The first kappa shape index (κ1) is 11.1. The Morgan fingerprint density at radius 2 is 1.00 bits per heavy atom. The first-order valence-corrected chi connectivity index (χ1v) is 7.90. The minimum Gasteiger partial charge on any atom is -0.315 e. The summed E-state index contributed by atoms with van der Waals surface area (Å²) in [5, 5.41) is 3.45. The van der Waals surface area contributed by atoms with E-state index in [0.29, 0.717) is 0 Å². The number of rotatable bonds is 0. The maximum Gasteiger partial charge on any atom is 0.00584 e. The zero-order valence-electron chi connectivity index (χ0n) is 7.38. The third-order valence-corrected chi connectivity index (χ3v) is 5.06. The van der Waals surface area contributed by atoms with E-state index < -0.39 is 0 Å². The van der Waals surface area contributed by atoms with Crippen molar-refractivity contribution in [3.8, 4) is 0 Å². The maximum absolute atomic E-state index is 3.45. The van der Waals surface area contributed by atoms with E-state index >= 15 is 0 Å². The van der Waals surface area contributed by atoms with Gasteiger partial charge in [-0.05, 0) is 0 Å². The summed E-state index contributed by atoms with van der Waals surface area (Å²) in [5.74, 6) is 7.90. The van der Waals surface area contributed by atoms with E-state index in [2.05, 4.69) is 40.6 Å². The fourth-order valence-electron chi connectivity index (χ4n) is 0.956. The van der Waals surface area contributed by atoms with Crippen molar-refractivity contribution in [1.82, 2.24) is 5.32 Å². The molecule has 0 spiro atoms. The third-order valence-electron chi connectivity index (χ3n) is 1.59. The van der Waals surface area contributed by atoms with Crippen LogP contribution in [0.3, 0.4) is 0 Å². The quantitative estimate of drug-likeness (QED) is 0.671. The molecule has 0 aliphatic carbocycles. The summed E-state index contributed by atoms with van der Waals surface area (Å²) in [5.41, 5.74) is 0. The molecule has 1 rings (SSSR count). The molecule has 72 valence electrons. The van der Waals surface area contributed by atoms with Crippen molar-refractivity contribution >= 4 is 35.3 Å². The minimum atomic E-state index is 1.19. The lowest BCUT2D eigenvalue weighted by Gasteiger charge is -2.07. The van der Waals surface area contributed by atoms with E-state index in [4.69, 9.17) is 0 Å². The number of hydrogen-bond acceptors (Lipinski definition) is 4. The highest BCUT2D eigenvalue weighted by Crippen LogP contribution is 2.10. The van der Waals surface area contributed by atoms with E-state index in [0.717, 1.165) is 0 Å². The Balaban J connectivity index is 2.00. The van der Waals surface area contributed by atoms with Crippen LogP contribution < -0.4 is 5.32 Å². The van der Waals surface area contributed by atoms with Gasteiger partial charge in [-0.15, -0.1) is 0 Å². The fourth-order valence-corrected chi connectivity index (χ4v) is 4.03.